The molecule has 3 N–H and O–H groups in total. The Balaban J connectivity index is 2.60. The fourth-order valence-electron chi connectivity index (χ4n) is 1.14. The lowest BCUT2D eigenvalue weighted by Crippen LogP contribution is -2.50. The molecule has 70 valence electrons. The van der Waals surface area contributed by atoms with Crippen molar-refractivity contribution in [2.45, 2.75) is 24.9 Å². The molecule has 1 unspecified atom stereocenters. The third kappa shape index (κ3) is 1.83. The van der Waals surface area contributed by atoms with E-state index in [9.17, 15) is 9.18 Å². The van der Waals surface area contributed by atoms with Crippen LogP contribution in [-0.4, -0.2) is 44.9 Å². The zero-order chi connectivity index (χ0) is 9.35. The maximum absolute atomic E-state index is 12.8. The van der Waals surface area contributed by atoms with Gasteiger partial charge in [-0.15, -0.1) is 0 Å². The molecule has 0 radical (unpaired) electrons. The zero-order valence-electron chi connectivity index (χ0n) is 6.27. The van der Waals surface area contributed by atoms with Crippen molar-refractivity contribution in [1.29, 1.82) is 0 Å². The van der Waals surface area contributed by atoms with Gasteiger partial charge in [0.15, 0.2) is 12.1 Å². The summed E-state index contributed by atoms with van der Waals surface area (Å²) in [4.78, 5) is 10.8. The van der Waals surface area contributed by atoms with Gasteiger partial charge in [0.2, 0.25) is 0 Å². The lowest BCUT2D eigenvalue weighted by atomic mass is 10.0. The van der Waals surface area contributed by atoms with Crippen LogP contribution in [0.15, 0.2) is 0 Å². The minimum atomic E-state index is -2.06. The standard InChI is InChI=1S/C6H10FNO4/c7-4-3-6(11,12)1-2-8(4)5(9)10/h4,11-12H,1-3H2,(H,9,10). The van der Waals surface area contributed by atoms with Gasteiger partial charge in [-0.1, -0.05) is 0 Å². The molecule has 0 aromatic heterocycles. The van der Waals surface area contributed by atoms with Gasteiger partial charge in [-0.05, 0) is 0 Å². The van der Waals surface area contributed by atoms with E-state index in [4.69, 9.17) is 15.3 Å². The van der Waals surface area contributed by atoms with Gasteiger partial charge >= 0.3 is 6.09 Å². The Morgan fingerprint density at radius 1 is 1.58 bits per heavy atom. The Kier molecular flexibility index (Phi) is 2.20. The molecule has 1 atom stereocenters. The number of hydrogen-bond acceptors (Lipinski definition) is 3. The van der Waals surface area contributed by atoms with Gasteiger partial charge in [-0.25, -0.2) is 9.18 Å². The number of likely N-dealkylation sites (tertiary alicyclic amines) is 1. The van der Waals surface area contributed by atoms with Crippen molar-refractivity contribution in [3.8, 4) is 0 Å². The topological polar surface area (TPSA) is 81.0 Å². The number of carbonyl (C=O) groups is 1. The maximum Gasteiger partial charge on any atom is 0.409 e. The van der Waals surface area contributed by atoms with E-state index < -0.39 is 24.6 Å². The van der Waals surface area contributed by atoms with Gasteiger partial charge in [0.05, 0.1) is 6.42 Å². The molecule has 1 heterocycles. The number of nitrogens with zero attached hydrogens (tertiary/aromatic N) is 1. The molecule has 1 aliphatic heterocycles. The highest BCUT2D eigenvalue weighted by atomic mass is 19.1. The van der Waals surface area contributed by atoms with E-state index >= 15 is 0 Å². The zero-order valence-corrected chi connectivity index (χ0v) is 6.27. The van der Waals surface area contributed by atoms with Gasteiger partial charge < -0.3 is 15.3 Å². The SMILES string of the molecule is O=C(O)N1CCC(O)(O)CC1F. The molecule has 1 rings (SSSR count). The van der Waals surface area contributed by atoms with E-state index in [0.717, 1.165) is 0 Å². The minimum Gasteiger partial charge on any atom is -0.465 e. The number of aliphatic hydroxyl groups is 2. The second-order valence-electron chi connectivity index (χ2n) is 2.85. The van der Waals surface area contributed by atoms with Gasteiger partial charge in [-0.3, -0.25) is 4.90 Å². The summed E-state index contributed by atoms with van der Waals surface area (Å²) in [6.07, 6.45) is -3.94. The van der Waals surface area contributed by atoms with Crippen LogP contribution in [0.3, 0.4) is 0 Å². The van der Waals surface area contributed by atoms with Gasteiger partial charge in [0, 0.05) is 13.0 Å². The van der Waals surface area contributed by atoms with Crippen LogP contribution in [-0.2, 0) is 0 Å². The fourth-order valence-corrected chi connectivity index (χ4v) is 1.14. The summed E-state index contributed by atoms with van der Waals surface area (Å²) in [6.45, 7) is -0.191. The average Bonchev–Trinajstić information content (AvgIpc) is 1.83. The smallest absolute Gasteiger partial charge is 0.409 e. The van der Waals surface area contributed by atoms with Crippen molar-refractivity contribution < 1.29 is 24.5 Å². The monoisotopic (exact) mass is 179 g/mol. The van der Waals surface area contributed by atoms with E-state index in [1.54, 1.807) is 0 Å². The fraction of sp³-hybridized carbons (Fsp3) is 0.833. The first kappa shape index (κ1) is 9.21. The largest absolute Gasteiger partial charge is 0.465 e. The molecular weight excluding hydrogens is 169 g/mol. The Bertz CT molecular complexity index is 196. The van der Waals surface area contributed by atoms with Gasteiger partial charge in [-0.2, -0.15) is 0 Å². The van der Waals surface area contributed by atoms with Crippen LogP contribution >= 0.6 is 0 Å². The Morgan fingerprint density at radius 3 is 2.58 bits per heavy atom. The van der Waals surface area contributed by atoms with Crippen molar-refractivity contribution >= 4 is 6.09 Å². The highest BCUT2D eigenvalue weighted by molar-refractivity contribution is 5.65. The van der Waals surface area contributed by atoms with Gasteiger partial charge in [0.25, 0.3) is 0 Å². The van der Waals surface area contributed by atoms with Crippen molar-refractivity contribution in [2.75, 3.05) is 6.54 Å². The van der Waals surface area contributed by atoms with Gasteiger partial charge in [0.1, 0.15) is 0 Å². The molecule has 0 aliphatic carbocycles. The average molecular weight is 179 g/mol. The number of piperidine rings is 1. The lowest BCUT2D eigenvalue weighted by molar-refractivity contribution is -0.209. The lowest BCUT2D eigenvalue weighted by Gasteiger charge is -2.35. The van der Waals surface area contributed by atoms with Crippen molar-refractivity contribution in [3.63, 3.8) is 0 Å². The number of amides is 1. The predicted octanol–water partition coefficient (Wildman–Crippen LogP) is -0.263. The normalized spacial score (nSPS) is 28.6. The summed E-state index contributed by atoms with van der Waals surface area (Å²) >= 11 is 0. The third-order valence-corrected chi connectivity index (χ3v) is 1.83. The van der Waals surface area contributed by atoms with Crippen LogP contribution < -0.4 is 0 Å². The van der Waals surface area contributed by atoms with E-state index in [-0.39, 0.29) is 13.0 Å². The van der Waals surface area contributed by atoms with Crippen molar-refractivity contribution in [1.82, 2.24) is 4.90 Å². The highest BCUT2D eigenvalue weighted by Crippen LogP contribution is 2.25. The predicted molar refractivity (Wildman–Crippen MR) is 36.0 cm³/mol. The molecule has 1 fully saturated rings. The molecule has 0 bridgehead atoms. The summed E-state index contributed by atoms with van der Waals surface area (Å²) in [5, 5.41) is 26.3. The first-order chi connectivity index (χ1) is 5.42. The third-order valence-electron chi connectivity index (χ3n) is 1.83. The van der Waals surface area contributed by atoms with E-state index in [1.807, 2.05) is 0 Å². The molecule has 1 saturated heterocycles. The number of hydrogen-bond donors (Lipinski definition) is 3. The van der Waals surface area contributed by atoms with Crippen molar-refractivity contribution in [2.24, 2.45) is 0 Å². The van der Waals surface area contributed by atoms with Crippen LogP contribution in [0.1, 0.15) is 12.8 Å². The Labute approximate surface area is 68.0 Å². The molecule has 0 spiro atoms. The molecule has 0 aromatic carbocycles. The summed E-state index contributed by atoms with van der Waals surface area (Å²) in [5.41, 5.74) is 0. The summed E-state index contributed by atoms with van der Waals surface area (Å²) < 4.78 is 12.8. The van der Waals surface area contributed by atoms with Crippen LogP contribution in [0, 0.1) is 0 Å². The molecule has 0 saturated carbocycles. The van der Waals surface area contributed by atoms with Crippen LogP contribution in [0.5, 0.6) is 0 Å². The van der Waals surface area contributed by atoms with Crippen LogP contribution in [0.2, 0.25) is 0 Å². The first-order valence-electron chi connectivity index (χ1n) is 3.51. The van der Waals surface area contributed by atoms with Crippen LogP contribution in [0.4, 0.5) is 9.18 Å². The van der Waals surface area contributed by atoms with Crippen LogP contribution in [0.25, 0.3) is 0 Å². The molecular formula is C6H10FNO4. The minimum absolute atomic E-state index is 0.153. The number of halogens is 1. The highest BCUT2D eigenvalue weighted by Gasteiger charge is 2.38. The van der Waals surface area contributed by atoms with E-state index in [0.29, 0.717) is 4.90 Å². The first-order valence-corrected chi connectivity index (χ1v) is 3.51. The second kappa shape index (κ2) is 2.87. The number of rotatable bonds is 0. The molecule has 6 heteroatoms. The van der Waals surface area contributed by atoms with E-state index in [2.05, 4.69) is 0 Å². The number of alkyl halides is 1. The number of carboxylic acid groups (broad SMARTS) is 1. The quantitative estimate of drug-likeness (QED) is 0.353. The molecule has 0 aromatic rings. The summed E-state index contributed by atoms with van der Waals surface area (Å²) in [5.74, 6) is -2.06. The van der Waals surface area contributed by atoms with Crippen molar-refractivity contribution in [3.05, 3.63) is 0 Å². The second-order valence-corrected chi connectivity index (χ2v) is 2.85. The summed E-state index contributed by atoms with van der Waals surface area (Å²) in [7, 11) is 0. The van der Waals surface area contributed by atoms with E-state index in [1.165, 1.54) is 0 Å². The molecule has 12 heavy (non-hydrogen) atoms. The Morgan fingerprint density at radius 2 is 2.17 bits per heavy atom. The Hall–Kier alpha value is -0.880. The summed E-state index contributed by atoms with van der Waals surface area (Å²) in [6, 6.07) is 0. The molecule has 5 nitrogen and oxygen atoms in total. The molecule has 1 aliphatic rings. The maximum atomic E-state index is 12.8. The molecule has 1 amide bonds.